The maximum atomic E-state index is 2.64. The molecule has 12 rings (SSSR count). The predicted molar refractivity (Wildman–Crippen MR) is 342 cm³/mol. The fourth-order valence-corrected chi connectivity index (χ4v) is 14.4. The smallest absolute Gasteiger partial charge is 0.264 e. The minimum Gasteiger partial charge on any atom is -0.311 e. The summed E-state index contributed by atoms with van der Waals surface area (Å²) in [6.45, 7) is 37.2. The third kappa shape index (κ3) is 8.70. The highest BCUT2D eigenvalue weighted by Gasteiger charge is 2.46. The van der Waals surface area contributed by atoms with Crippen molar-refractivity contribution in [1.29, 1.82) is 0 Å². The molecule has 0 radical (unpaired) electrons. The van der Waals surface area contributed by atoms with Gasteiger partial charge in [0.15, 0.2) is 0 Å². The zero-order chi connectivity index (χ0) is 54.5. The first kappa shape index (κ1) is 51.2. The van der Waals surface area contributed by atoms with E-state index < -0.39 is 0 Å². The SMILES string of the molecule is Cc1cc2c3c(c1)N(c1ccc(C(C)(C)C)cc1)c1c(sc4ccc(C(C)(C)C)cc14)B3c1cc(C(C)(C)C)ccc1N2c1cc(N(c2ccc(C(C)(C)C)cc2)c2ccc(C(C)(C)C)cc2)c2sc3ccccc3c2c1. The van der Waals surface area contributed by atoms with Gasteiger partial charge in [-0.2, -0.15) is 0 Å². The topological polar surface area (TPSA) is 9.72 Å². The van der Waals surface area contributed by atoms with E-state index in [9.17, 15) is 0 Å². The molecule has 6 heteroatoms. The van der Waals surface area contributed by atoms with Crippen LogP contribution in [-0.2, 0) is 27.1 Å². The van der Waals surface area contributed by atoms with Gasteiger partial charge in [0.25, 0.3) is 6.71 Å². The van der Waals surface area contributed by atoms with Crippen molar-refractivity contribution in [3.8, 4) is 0 Å². The van der Waals surface area contributed by atoms with Crippen molar-refractivity contribution < 1.29 is 0 Å². The average molecular weight is 1040 g/mol. The standard InChI is InChI=1S/C71H74BN3S2/c1-43-37-58-63-59(38-43)75(51-33-25-46(26-34-51)69(8,9)10)64-55-39-47(70(11,12)13)28-36-62(55)77-66(64)72(63)56-40-48(71(14,15)16)27-35-57(56)74(58)52-41-54-53-19-17-18-20-61(53)76-65(54)60(42-52)73(49-29-21-44(22-30-49)67(2,3)4)50-31-23-45(24-32-50)68(5,6)7/h17-42H,1-16H3. The number of hydrogen-bond acceptors (Lipinski definition) is 5. The zero-order valence-electron chi connectivity index (χ0n) is 48.2. The van der Waals surface area contributed by atoms with Gasteiger partial charge in [0.1, 0.15) is 0 Å². The normalized spacial score (nSPS) is 13.9. The fraction of sp³-hybridized carbons (Fsp3) is 0.296. The van der Waals surface area contributed by atoms with Gasteiger partial charge in [0.05, 0.1) is 16.1 Å². The molecule has 2 aromatic heterocycles. The maximum absolute atomic E-state index is 2.64. The van der Waals surface area contributed by atoms with Gasteiger partial charge in [-0.3, -0.25) is 0 Å². The van der Waals surface area contributed by atoms with Gasteiger partial charge in [0, 0.05) is 70.1 Å². The van der Waals surface area contributed by atoms with Crippen molar-refractivity contribution in [3.63, 3.8) is 0 Å². The lowest BCUT2D eigenvalue weighted by atomic mass is 9.36. The molecule has 4 heterocycles. The highest BCUT2D eigenvalue weighted by atomic mass is 32.1. The molecule has 8 aromatic carbocycles. The Kier molecular flexibility index (Phi) is 11.8. The number of rotatable bonds is 5. The Labute approximate surface area is 467 Å². The minimum atomic E-state index is -0.0659. The van der Waals surface area contributed by atoms with E-state index in [4.69, 9.17) is 0 Å². The monoisotopic (exact) mass is 1040 g/mol. The molecule has 0 aliphatic carbocycles. The van der Waals surface area contributed by atoms with Crippen LogP contribution < -0.4 is 30.4 Å². The van der Waals surface area contributed by atoms with E-state index in [2.05, 4.69) is 283 Å². The van der Waals surface area contributed by atoms with Crippen molar-refractivity contribution in [2.75, 3.05) is 14.7 Å². The van der Waals surface area contributed by atoms with Crippen LogP contribution in [0.3, 0.4) is 0 Å². The summed E-state index contributed by atoms with van der Waals surface area (Å²) in [7, 11) is 0. The number of nitrogens with zero attached hydrogens (tertiary/aromatic N) is 3. The third-order valence-electron chi connectivity index (χ3n) is 16.5. The van der Waals surface area contributed by atoms with Gasteiger partial charge in [-0.25, -0.2) is 0 Å². The Morgan fingerprint density at radius 1 is 0.403 bits per heavy atom. The molecule has 0 amide bonds. The molecule has 77 heavy (non-hydrogen) atoms. The van der Waals surface area contributed by atoms with Crippen LogP contribution >= 0.6 is 22.7 Å². The van der Waals surface area contributed by atoms with Crippen LogP contribution in [0, 0.1) is 6.92 Å². The Balaban J connectivity index is 1.18. The number of thiophene rings is 2. The summed E-state index contributed by atoms with van der Waals surface area (Å²) in [5, 5.41) is 3.87. The van der Waals surface area contributed by atoms with Crippen molar-refractivity contribution in [1.82, 2.24) is 0 Å². The summed E-state index contributed by atoms with van der Waals surface area (Å²) in [5.41, 5.74) is 21.4. The second kappa shape index (κ2) is 17.7. The summed E-state index contributed by atoms with van der Waals surface area (Å²) >= 11 is 3.89. The molecule has 0 N–H and O–H groups in total. The van der Waals surface area contributed by atoms with Crippen LogP contribution in [0.1, 0.15) is 137 Å². The lowest BCUT2D eigenvalue weighted by molar-refractivity contribution is 0.590. The Bertz CT molecular complexity index is 3890. The highest BCUT2D eigenvalue weighted by molar-refractivity contribution is 7.33. The summed E-state index contributed by atoms with van der Waals surface area (Å²) in [6, 6.07) is 61.8. The van der Waals surface area contributed by atoms with Crippen LogP contribution in [0.15, 0.2) is 158 Å². The van der Waals surface area contributed by atoms with Gasteiger partial charge in [-0.15, -0.1) is 22.7 Å². The average Bonchev–Trinajstić information content (AvgIpc) is 4.07. The number of hydrogen-bond donors (Lipinski definition) is 0. The summed E-state index contributed by atoms with van der Waals surface area (Å²) in [5.74, 6) is 0. The predicted octanol–water partition coefficient (Wildman–Crippen LogP) is 19.6. The first-order chi connectivity index (χ1) is 36.2. The second-order valence-corrected chi connectivity index (χ2v) is 29.4. The first-order valence-corrected chi connectivity index (χ1v) is 29.4. The van der Waals surface area contributed by atoms with Gasteiger partial charge < -0.3 is 14.7 Å². The fourth-order valence-electron chi connectivity index (χ4n) is 12.0. The van der Waals surface area contributed by atoms with Crippen molar-refractivity contribution in [2.45, 2.75) is 138 Å². The second-order valence-electron chi connectivity index (χ2n) is 27.3. The van der Waals surface area contributed by atoms with Crippen molar-refractivity contribution in [2.24, 2.45) is 0 Å². The quantitative estimate of drug-likeness (QED) is 0.159. The van der Waals surface area contributed by atoms with Crippen LogP contribution in [0.25, 0.3) is 30.3 Å². The largest absolute Gasteiger partial charge is 0.311 e. The molecule has 10 aromatic rings. The molecule has 0 bridgehead atoms. The van der Waals surface area contributed by atoms with Gasteiger partial charge in [0.2, 0.25) is 0 Å². The van der Waals surface area contributed by atoms with Gasteiger partial charge in [-0.1, -0.05) is 177 Å². The maximum Gasteiger partial charge on any atom is 0.264 e. The van der Waals surface area contributed by atoms with Crippen LogP contribution in [-0.4, -0.2) is 6.71 Å². The lowest BCUT2D eigenvalue weighted by Gasteiger charge is -2.44. The first-order valence-electron chi connectivity index (χ1n) is 27.8. The number of anilines is 9. The van der Waals surface area contributed by atoms with Gasteiger partial charge >= 0.3 is 0 Å². The number of fused-ring (bicyclic) bond motifs is 9. The molecule has 2 aliphatic rings. The highest BCUT2D eigenvalue weighted by Crippen LogP contribution is 2.53. The van der Waals surface area contributed by atoms with Crippen LogP contribution in [0.4, 0.5) is 51.2 Å². The van der Waals surface area contributed by atoms with Gasteiger partial charge in [-0.05, 0) is 163 Å². The molecule has 0 spiro atoms. The zero-order valence-corrected chi connectivity index (χ0v) is 49.9. The molecule has 0 fully saturated rings. The van der Waals surface area contributed by atoms with Crippen molar-refractivity contribution in [3.05, 3.63) is 191 Å². The molecule has 3 nitrogen and oxygen atoms in total. The van der Waals surface area contributed by atoms with E-state index in [1.165, 1.54) is 113 Å². The van der Waals surface area contributed by atoms with E-state index in [-0.39, 0.29) is 33.8 Å². The summed E-state index contributed by atoms with van der Waals surface area (Å²) in [6.07, 6.45) is 0. The Hall–Kier alpha value is -6.60. The molecular formula is C71H74BN3S2. The van der Waals surface area contributed by atoms with Crippen LogP contribution in [0.2, 0.25) is 0 Å². The molecule has 2 aliphatic heterocycles. The molecule has 0 saturated heterocycles. The number of benzene rings is 8. The van der Waals surface area contributed by atoms with E-state index in [1.54, 1.807) is 0 Å². The molecular weight excluding hydrogens is 970 g/mol. The molecule has 0 unspecified atom stereocenters. The van der Waals surface area contributed by atoms with Crippen LogP contribution in [0.5, 0.6) is 0 Å². The minimum absolute atomic E-state index is 0.00680. The van der Waals surface area contributed by atoms with E-state index >= 15 is 0 Å². The van der Waals surface area contributed by atoms with E-state index in [1.807, 2.05) is 22.7 Å². The summed E-state index contributed by atoms with van der Waals surface area (Å²) in [4.78, 5) is 7.80. The Morgan fingerprint density at radius 3 is 1.47 bits per heavy atom. The van der Waals surface area contributed by atoms with E-state index in [0.29, 0.717) is 0 Å². The lowest BCUT2D eigenvalue weighted by Crippen LogP contribution is -2.60. The molecule has 0 atom stereocenters. The molecule has 388 valence electrons. The van der Waals surface area contributed by atoms with E-state index in [0.717, 1.165) is 17.1 Å². The number of aryl methyl sites for hydroxylation is 1. The summed E-state index contributed by atoms with van der Waals surface area (Å²) < 4.78 is 5.29. The van der Waals surface area contributed by atoms with Crippen molar-refractivity contribution >= 4 is 127 Å². The Morgan fingerprint density at radius 2 is 0.896 bits per heavy atom. The molecule has 0 saturated carbocycles. The third-order valence-corrected chi connectivity index (χ3v) is 18.9.